The number of nitrogens with zero attached hydrogens (tertiary/aromatic N) is 4. The van der Waals surface area contributed by atoms with Gasteiger partial charge in [0.2, 0.25) is 0 Å². The Bertz CT molecular complexity index is 753. The fourth-order valence-corrected chi connectivity index (χ4v) is 3.77. The van der Waals surface area contributed by atoms with Crippen LogP contribution in [0.25, 0.3) is 0 Å². The van der Waals surface area contributed by atoms with E-state index in [1.165, 1.54) is 38.5 Å². The number of hydrogen-bond acceptors (Lipinski definition) is 3. The Morgan fingerprint density at radius 3 is 2.64 bits per heavy atom. The van der Waals surface area contributed by atoms with Crippen LogP contribution in [0.4, 0.5) is 16.2 Å². The smallest absolute Gasteiger partial charge is 0.305 e. The van der Waals surface area contributed by atoms with Gasteiger partial charge in [-0.2, -0.15) is 10.2 Å². The van der Waals surface area contributed by atoms with Crippen LogP contribution in [0, 0.1) is 12.8 Å². The summed E-state index contributed by atoms with van der Waals surface area (Å²) >= 11 is 0. The largest absolute Gasteiger partial charge is 0.323 e. The van der Waals surface area contributed by atoms with Gasteiger partial charge in [-0.25, -0.2) is 4.79 Å². The first-order valence-electron chi connectivity index (χ1n) is 9.28. The quantitative estimate of drug-likeness (QED) is 0.858. The highest BCUT2D eigenvalue weighted by atomic mass is 16.2. The molecule has 2 N–H and O–H groups in total. The summed E-state index contributed by atoms with van der Waals surface area (Å²) in [4.78, 5) is 12.3. The second-order valence-corrected chi connectivity index (χ2v) is 7.39. The first kappa shape index (κ1) is 16.2. The van der Waals surface area contributed by atoms with Crippen LogP contribution in [0.1, 0.15) is 63.2 Å². The monoisotopic (exact) mass is 342 g/mol. The standard InChI is InChI=1S/C18H26N6O/c1-12(14-7-8-14)23-11-15(9-19-23)21-18(25)22-17-10-20-24(13(17)2)16-5-3-4-6-16/h9-12,14,16H,3-8H2,1-2H3,(H2,21,22,25)/t12-/m0/s1. The van der Waals surface area contributed by atoms with Crippen molar-refractivity contribution in [3.8, 4) is 0 Å². The highest BCUT2D eigenvalue weighted by molar-refractivity contribution is 5.99. The minimum absolute atomic E-state index is 0.257. The molecule has 0 radical (unpaired) electrons. The maximum atomic E-state index is 12.3. The van der Waals surface area contributed by atoms with Crippen LogP contribution < -0.4 is 10.6 Å². The number of aromatic nitrogens is 4. The first-order valence-corrected chi connectivity index (χ1v) is 9.28. The van der Waals surface area contributed by atoms with E-state index in [1.807, 2.05) is 17.8 Å². The van der Waals surface area contributed by atoms with E-state index in [2.05, 4.69) is 32.4 Å². The zero-order valence-corrected chi connectivity index (χ0v) is 14.9. The number of nitrogens with one attached hydrogen (secondary N) is 2. The van der Waals surface area contributed by atoms with Crippen molar-refractivity contribution < 1.29 is 4.79 Å². The summed E-state index contributed by atoms with van der Waals surface area (Å²) in [6, 6.07) is 0.610. The average molecular weight is 342 g/mol. The third kappa shape index (κ3) is 3.41. The molecule has 134 valence electrons. The predicted octanol–water partition coefficient (Wildman–Crippen LogP) is 4.12. The Balaban J connectivity index is 1.37. The summed E-state index contributed by atoms with van der Waals surface area (Å²) in [6.45, 7) is 4.19. The molecule has 2 aliphatic rings. The molecule has 0 aliphatic heterocycles. The lowest BCUT2D eigenvalue weighted by atomic mass is 10.2. The van der Waals surface area contributed by atoms with Gasteiger partial charge < -0.3 is 10.6 Å². The molecule has 1 atom stereocenters. The van der Waals surface area contributed by atoms with Gasteiger partial charge in [0.1, 0.15) is 0 Å². The van der Waals surface area contributed by atoms with Gasteiger partial charge in [-0.3, -0.25) is 9.36 Å². The van der Waals surface area contributed by atoms with Gasteiger partial charge in [-0.1, -0.05) is 12.8 Å². The summed E-state index contributed by atoms with van der Waals surface area (Å²) in [5, 5.41) is 14.6. The Kier molecular flexibility index (Phi) is 4.23. The topological polar surface area (TPSA) is 76.8 Å². The molecule has 0 unspecified atom stereocenters. The average Bonchev–Trinajstić information content (AvgIpc) is 2.96. The van der Waals surface area contributed by atoms with Crippen molar-refractivity contribution in [1.29, 1.82) is 0 Å². The van der Waals surface area contributed by atoms with Crippen molar-refractivity contribution in [2.24, 2.45) is 5.92 Å². The zero-order chi connectivity index (χ0) is 17.4. The molecule has 7 heteroatoms. The van der Waals surface area contributed by atoms with E-state index in [4.69, 9.17) is 0 Å². The van der Waals surface area contributed by atoms with E-state index in [9.17, 15) is 4.79 Å². The van der Waals surface area contributed by atoms with Gasteiger partial charge in [0, 0.05) is 6.20 Å². The van der Waals surface area contributed by atoms with E-state index < -0.39 is 0 Å². The lowest BCUT2D eigenvalue weighted by Gasteiger charge is -2.13. The second-order valence-electron chi connectivity index (χ2n) is 7.39. The summed E-state index contributed by atoms with van der Waals surface area (Å²) in [5.41, 5.74) is 2.49. The second kappa shape index (κ2) is 6.54. The number of carbonyl (C=O) groups excluding carboxylic acids is 1. The fraction of sp³-hybridized carbons (Fsp3) is 0.611. The number of amides is 2. The molecule has 2 aromatic heterocycles. The highest BCUT2D eigenvalue weighted by Crippen LogP contribution is 2.39. The molecular formula is C18H26N6O. The zero-order valence-electron chi connectivity index (χ0n) is 14.9. The SMILES string of the molecule is Cc1c(NC(=O)Nc2cnn([C@@H](C)C3CC3)c2)cnn1C1CCCC1. The van der Waals surface area contributed by atoms with Crippen molar-refractivity contribution >= 4 is 17.4 Å². The maximum Gasteiger partial charge on any atom is 0.323 e. The molecule has 0 bridgehead atoms. The summed E-state index contributed by atoms with van der Waals surface area (Å²) < 4.78 is 3.99. The van der Waals surface area contributed by atoms with Crippen LogP contribution in [-0.2, 0) is 0 Å². The lowest BCUT2D eigenvalue weighted by Crippen LogP contribution is -2.19. The Hall–Kier alpha value is -2.31. The van der Waals surface area contributed by atoms with Crippen LogP contribution in [0.2, 0.25) is 0 Å². The van der Waals surface area contributed by atoms with E-state index >= 15 is 0 Å². The van der Waals surface area contributed by atoms with Crippen molar-refractivity contribution in [1.82, 2.24) is 19.6 Å². The molecule has 2 saturated carbocycles. The number of hydrogen-bond donors (Lipinski definition) is 2. The summed E-state index contributed by atoms with van der Waals surface area (Å²) in [5.74, 6) is 0.727. The third-order valence-corrected chi connectivity index (χ3v) is 5.54. The van der Waals surface area contributed by atoms with E-state index in [0.29, 0.717) is 17.8 Å². The predicted molar refractivity (Wildman–Crippen MR) is 96.8 cm³/mol. The third-order valence-electron chi connectivity index (χ3n) is 5.54. The van der Waals surface area contributed by atoms with Crippen molar-refractivity contribution in [3.63, 3.8) is 0 Å². The van der Waals surface area contributed by atoms with Crippen LogP contribution in [0.3, 0.4) is 0 Å². The number of carbonyl (C=O) groups is 1. The molecule has 7 nitrogen and oxygen atoms in total. The molecular weight excluding hydrogens is 316 g/mol. The Morgan fingerprint density at radius 1 is 1.16 bits per heavy atom. The minimum atomic E-state index is -0.257. The molecule has 2 heterocycles. The molecule has 0 spiro atoms. The molecule has 25 heavy (non-hydrogen) atoms. The summed E-state index contributed by atoms with van der Waals surface area (Å²) in [7, 11) is 0. The molecule has 4 rings (SSSR count). The summed E-state index contributed by atoms with van der Waals surface area (Å²) in [6.07, 6.45) is 12.8. The van der Waals surface area contributed by atoms with Gasteiger partial charge in [0.15, 0.2) is 0 Å². The van der Waals surface area contributed by atoms with Crippen molar-refractivity contribution in [3.05, 3.63) is 24.3 Å². The molecule has 0 saturated heterocycles. The number of rotatable bonds is 5. The molecule has 2 aliphatic carbocycles. The normalized spacial score (nSPS) is 19.1. The van der Waals surface area contributed by atoms with Crippen LogP contribution in [0.15, 0.2) is 18.6 Å². The maximum absolute atomic E-state index is 12.3. The Labute approximate surface area is 147 Å². The lowest BCUT2D eigenvalue weighted by molar-refractivity contribution is 0.262. The molecule has 2 amide bonds. The Morgan fingerprint density at radius 2 is 1.92 bits per heavy atom. The molecule has 2 fully saturated rings. The number of urea groups is 1. The van der Waals surface area contributed by atoms with Gasteiger partial charge in [-0.05, 0) is 45.4 Å². The van der Waals surface area contributed by atoms with Crippen LogP contribution >= 0.6 is 0 Å². The number of anilines is 2. The van der Waals surface area contributed by atoms with Crippen LogP contribution in [0.5, 0.6) is 0 Å². The van der Waals surface area contributed by atoms with Crippen molar-refractivity contribution in [2.75, 3.05) is 10.6 Å². The fourth-order valence-electron chi connectivity index (χ4n) is 3.77. The van der Waals surface area contributed by atoms with Gasteiger partial charge in [-0.15, -0.1) is 0 Å². The highest BCUT2D eigenvalue weighted by Gasteiger charge is 2.29. The van der Waals surface area contributed by atoms with E-state index in [1.54, 1.807) is 12.4 Å². The molecule has 2 aromatic rings. The van der Waals surface area contributed by atoms with Crippen LogP contribution in [-0.4, -0.2) is 25.6 Å². The molecule has 0 aromatic carbocycles. The van der Waals surface area contributed by atoms with Gasteiger partial charge in [0.25, 0.3) is 0 Å². The van der Waals surface area contributed by atoms with Gasteiger partial charge in [0.05, 0.1) is 41.5 Å². The van der Waals surface area contributed by atoms with Crippen molar-refractivity contribution in [2.45, 2.75) is 64.5 Å². The van der Waals surface area contributed by atoms with E-state index in [0.717, 1.165) is 17.3 Å². The minimum Gasteiger partial charge on any atom is -0.305 e. The first-order chi connectivity index (χ1) is 12.1. The van der Waals surface area contributed by atoms with E-state index in [-0.39, 0.29) is 6.03 Å². The van der Waals surface area contributed by atoms with Gasteiger partial charge >= 0.3 is 6.03 Å².